The van der Waals surface area contributed by atoms with Gasteiger partial charge in [-0.1, -0.05) is 6.92 Å². The van der Waals surface area contributed by atoms with E-state index in [9.17, 15) is 4.79 Å². The van der Waals surface area contributed by atoms with Crippen molar-refractivity contribution in [2.45, 2.75) is 39.2 Å². The molecule has 11 heavy (non-hydrogen) atoms. The van der Waals surface area contributed by atoms with Crippen molar-refractivity contribution < 1.29 is 4.79 Å². The highest BCUT2D eigenvalue weighted by Gasteiger charge is 2.51. The fourth-order valence-electron chi connectivity index (χ4n) is 2.74. The molecule has 62 valence electrons. The molecule has 2 fully saturated rings. The van der Waals surface area contributed by atoms with Crippen molar-refractivity contribution in [1.29, 1.82) is 0 Å². The predicted molar refractivity (Wildman–Crippen MR) is 43.1 cm³/mol. The highest BCUT2D eigenvalue weighted by atomic mass is 16.2. The lowest BCUT2D eigenvalue weighted by Crippen LogP contribution is -2.43. The van der Waals surface area contributed by atoms with Gasteiger partial charge in [-0.2, -0.15) is 0 Å². The molecule has 1 saturated heterocycles. The standard InChI is InChI=1S/C9H15NO/c1-6-3-9(4-6)5-8(11)10-7(9)2/h6-7H,3-5H2,1-2H3,(H,10,11). The minimum Gasteiger partial charge on any atom is -0.353 e. The van der Waals surface area contributed by atoms with E-state index in [4.69, 9.17) is 0 Å². The van der Waals surface area contributed by atoms with Crippen LogP contribution in [0, 0.1) is 11.3 Å². The van der Waals surface area contributed by atoms with E-state index in [0.29, 0.717) is 11.5 Å². The van der Waals surface area contributed by atoms with E-state index in [0.717, 1.165) is 12.3 Å². The van der Waals surface area contributed by atoms with Gasteiger partial charge in [0.05, 0.1) is 0 Å². The van der Waals surface area contributed by atoms with Crippen LogP contribution in [-0.2, 0) is 4.79 Å². The van der Waals surface area contributed by atoms with Crippen LogP contribution in [0.1, 0.15) is 33.1 Å². The van der Waals surface area contributed by atoms with Crippen LogP contribution in [0.15, 0.2) is 0 Å². The molecule has 0 radical (unpaired) electrons. The van der Waals surface area contributed by atoms with Crippen LogP contribution >= 0.6 is 0 Å². The summed E-state index contributed by atoms with van der Waals surface area (Å²) in [6, 6.07) is 0.422. The Morgan fingerprint density at radius 1 is 1.45 bits per heavy atom. The summed E-state index contributed by atoms with van der Waals surface area (Å²) in [5.74, 6) is 1.09. The number of carbonyl (C=O) groups is 1. The minimum absolute atomic E-state index is 0.254. The lowest BCUT2D eigenvalue weighted by molar-refractivity contribution is -0.120. The van der Waals surface area contributed by atoms with Gasteiger partial charge in [-0.25, -0.2) is 0 Å². The van der Waals surface area contributed by atoms with Crippen LogP contribution in [-0.4, -0.2) is 11.9 Å². The molecule has 1 saturated carbocycles. The number of amides is 1. The largest absolute Gasteiger partial charge is 0.353 e. The molecular weight excluding hydrogens is 138 g/mol. The Bertz CT molecular complexity index is 194. The van der Waals surface area contributed by atoms with Crippen LogP contribution in [0.4, 0.5) is 0 Å². The van der Waals surface area contributed by atoms with E-state index in [1.54, 1.807) is 0 Å². The molecule has 1 N–H and O–H groups in total. The number of carbonyl (C=O) groups excluding carboxylic acids is 1. The SMILES string of the molecule is CC1CC2(CC(=O)NC2C)C1. The second-order valence-electron chi connectivity index (χ2n) is 4.34. The summed E-state index contributed by atoms with van der Waals surface area (Å²) in [6.45, 7) is 4.40. The van der Waals surface area contributed by atoms with Gasteiger partial charge in [0.15, 0.2) is 0 Å². The molecule has 0 aromatic carbocycles. The van der Waals surface area contributed by atoms with Gasteiger partial charge in [0.1, 0.15) is 0 Å². The summed E-state index contributed by atoms with van der Waals surface area (Å²) in [7, 11) is 0. The van der Waals surface area contributed by atoms with E-state index in [1.165, 1.54) is 12.8 Å². The molecular formula is C9H15NO. The molecule has 1 unspecified atom stereocenters. The monoisotopic (exact) mass is 153 g/mol. The van der Waals surface area contributed by atoms with Crippen molar-refractivity contribution in [2.24, 2.45) is 11.3 Å². The third-order valence-corrected chi connectivity index (χ3v) is 3.32. The summed E-state index contributed by atoms with van der Waals surface area (Å²) in [4.78, 5) is 11.1. The average Bonchev–Trinajstić information content (AvgIpc) is 2.06. The highest BCUT2D eigenvalue weighted by Crippen LogP contribution is 2.52. The van der Waals surface area contributed by atoms with Crippen molar-refractivity contribution in [3.05, 3.63) is 0 Å². The molecule has 1 spiro atoms. The van der Waals surface area contributed by atoms with Crippen LogP contribution in [0.3, 0.4) is 0 Å². The van der Waals surface area contributed by atoms with Gasteiger partial charge in [0.2, 0.25) is 5.91 Å². The first-order chi connectivity index (χ1) is 5.12. The third kappa shape index (κ3) is 0.883. The molecule has 1 atom stereocenters. The normalized spacial score (nSPS) is 49.1. The first-order valence-corrected chi connectivity index (χ1v) is 4.42. The van der Waals surface area contributed by atoms with Crippen LogP contribution in [0.25, 0.3) is 0 Å². The maximum atomic E-state index is 11.1. The first-order valence-electron chi connectivity index (χ1n) is 4.42. The van der Waals surface area contributed by atoms with Crippen molar-refractivity contribution in [1.82, 2.24) is 5.32 Å². The van der Waals surface area contributed by atoms with E-state index < -0.39 is 0 Å². The van der Waals surface area contributed by atoms with Gasteiger partial charge in [-0.3, -0.25) is 4.79 Å². The fourth-order valence-corrected chi connectivity index (χ4v) is 2.74. The second kappa shape index (κ2) is 1.99. The second-order valence-corrected chi connectivity index (χ2v) is 4.34. The molecule has 0 aromatic heterocycles. The molecule has 2 rings (SSSR count). The summed E-state index contributed by atoms with van der Waals surface area (Å²) >= 11 is 0. The van der Waals surface area contributed by atoms with Gasteiger partial charge in [-0.15, -0.1) is 0 Å². The number of nitrogens with one attached hydrogen (secondary N) is 1. The number of rotatable bonds is 0. The summed E-state index contributed by atoms with van der Waals surface area (Å²) < 4.78 is 0. The van der Waals surface area contributed by atoms with Crippen molar-refractivity contribution in [2.75, 3.05) is 0 Å². The maximum Gasteiger partial charge on any atom is 0.220 e. The van der Waals surface area contributed by atoms with Crippen molar-refractivity contribution in [3.63, 3.8) is 0 Å². The Labute approximate surface area is 67.4 Å². The fraction of sp³-hybridized carbons (Fsp3) is 0.889. The van der Waals surface area contributed by atoms with Crippen molar-refractivity contribution >= 4 is 5.91 Å². The Hall–Kier alpha value is -0.530. The molecule has 1 aliphatic carbocycles. The average molecular weight is 153 g/mol. The summed E-state index contributed by atoms with van der Waals surface area (Å²) in [5.41, 5.74) is 0.358. The number of hydrogen-bond acceptors (Lipinski definition) is 1. The van der Waals surface area contributed by atoms with E-state index in [-0.39, 0.29) is 5.91 Å². The third-order valence-electron chi connectivity index (χ3n) is 3.32. The molecule has 2 aliphatic rings. The zero-order chi connectivity index (χ0) is 8.06. The number of hydrogen-bond donors (Lipinski definition) is 1. The molecule has 1 heterocycles. The lowest BCUT2D eigenvalue weighted by Gasteiger charge is -2.45. The quantitative estimate of drug-likeness (QED) is 0.558. The molecule has 1 amide bonds. The Kier molecular flexibility index (Phi) is 1.29. The van der Waals surface area contributed by atoms with Crippen LogP contribution < -0.4 is 5.32 Å². The first kappa shape index (κ1) is 7.14. The predicted octanol–water partition coefficient (Wildman–Crippen LogP) is 1.31. The van der Waals surface area contributed by atoms with Crippen LogP contribution in [0.2, 0.25) is 0 Å². The van der Waals surface area contributed by atoms with E-state index in [1.807, 2.05) is 0 Å². The van der Waals surface area contributed by atoms with Crippen molar-refractivity contribution in [3.8, 4) is 0 Å². The maximum absolute atomic E-state index is 11.1. The Morgan fingerprint density at radius 3 is 2.45 bits per heavy atom. The van der Waals surface area contributed by atoms with Gasteiger partial charge in [-0.05, 0) is 31.1 Å². The van der Waals surface area contributed by atoms with Gasteiger partial charge >= 0.3 is 0 Å². The van der Waals surface area contributed by atoms with Crippen LogP contribution in [0.5, 0.6) is 0 Å². The van der Waals surface area contributed by atoms with Gasteiger partial charge < -0.3 is 5.32 Å². The molecule has 2 nitrogen and oxygen atoms in total. The molecule has 2 heteroatoms. The smallest absolute Gasteiger partial charge is 0.220 e. The van der Waals surface area contributed by atoms with E-state index >= 15 is 0 Å². The van der Waals surface area contributed by atoms with Gasteiger partial charge in [0, 0.05) is 12.5 Å². The topological polar surface area (TPSA) is 29.1 Å². The minimum atomic E-state index is 0.254. The molecule has 1 aliphatic heterocycles. The summed E-state index contributed by atoms with van der Waals surface area (Å²) in [5, 5.41) is 2.99. The summed E-state index contributed by atoms with van der Waals surface area (Å²) in [6.07, 6.45) is 3.26. The Balaban J connectivity index is 2.10. The lowest BCUT2D eigenvalue weighted by atomic mass is 9.59. The Morgan fingerprint density at radius 2 is 2.09 bits per heavy atom. The zero-order valence-corrected chi connectivity index (χ0v) is 7.18. The molecule has 0 aromatic rings. The van der Waals surface area contributed by atoms with E-state index in [2.05, 4.69) is 19.2 Å². The van der Waals surface area contributed by atoms with Gasteiger partial charge in [0.25, 0.3) is 0 Å². The molecule has 0 bridgehead atoms. The highest BCUT2D eigenvalue weighted by molar-refractivity contribution is 5.80. The zero-order valence-electron chi connectivity index (χ0n) is 7.18.